The first kappa shape index (κ1) is 18.5. The lowest BCUT2D eigenvalue weighted by Crippen LogP contribution is -2.40. The zero-order valence-corrected chi connectivity index (χ0v) is 17.2. The van der Waals surface area contributed by atoms with Gasteiger partial charge in [-0.3, -0.25) is 13.9 Å². The van der Waals surface area contributed by atoms with Crippen molar-refractivity contribution < 1.29 is 0 Å². The van der Waals surface area contributed by atoms with Crippen molar-refractivity contribution >= 4 is 22.8 Å². The summed E-state index contributed by atoms with van der Waals surface area (Å²) >= 11 is 0. The van der Waals surface area contributed by atoms with Crippen molar-refractivity contribution in [2.75, 3.05) is 11.4 Å². The third-order valence-corrected chi connectivity index (χ3v) is 5.80. The minimum Gasteiger partial charge on any atom is -0.310 e. The number of hydrogen-bond acceptors (Lipinski definition) is 4. The highest BCUT2D eigenvalue weighted by Gasteiger charge is 2.29. The third-order valence-electron chi connectivity index (χ3n) is 5.80. The van der Waals surface area contributed by atoms with Gasteiger partial charge in [0, 0.05) is 32.4 Å². The molecule has 0 amide bonds. The molecule has 0 fully saturated rings. The quantitative estimate of drug-likeness (QED) is 0.697. The highest BCUT2D eigenvalue weighted by atomic mass is 16.2. The van der Waals surface area contributed by atoms with Crippen molar-refractivity contribution in [1.29, 1.82) is 0 Å². The van der Waals surface area contributed by atoms with Crippen LogP contribution in [0.25, 0.3) is 11.2 Å². The minimum atomic E-state index is -0.298. The Bertz CT molecular complexity index is 1180. The lowest BCUT2D eigenvalue weighted by Gasteiger charge is -2.19. The van der Waals surface area contributed by atoms with E-state index in [0.29, 0.717) is 30.2 Å². The van der Waals surface area contributed by atoms with Crippen molar-refractivity contribution in [3.63, 3.8) is 0 Å². The molecule has 3 aromatic rings. The van der Waals surface area contributed by atoms with Crippen LogP contribution >= 0.6 is 0 Å². The Kier molecular flexibility index (Phi) is 4.40. The van der Waals surface area contributed by atoms with Crippen molar-refractivity contribution in [1.82, 2.24) is 18.7 Å². The average molecular weight is 381 g/mol. The average Bonchev–Trinajstić information content (AvgIpc) is 3.21. The Morgan fingerprint density at radius 3 is 2.61 bits per heavy atom. The number of nitrogens with zero attached hydrogens (tertiary/aromatic N) is 5. The van der Waals surface area contributed by atoms with E-state index < -0.39 is 0 Å². The minimum absolute atomic E-state index is 0.236. The molecule has 1 aromatic carbocycles. The second-order valence-corrected chi connectivity index (χ2v) is 8.09. The number of rotatable bonds is 4. The van der Waals surface area contributed by atoms with Crippen LogP contribution in [0.2, 0.25) is 0 Å². The first-order valence-corrected chi connectivity index (χ1v) is 9.85. The van der Waals surface area contributed by atoms with Gasteiger partial charge in [0.1, 0.15) is 0 Å². The van der Waals surface area contributed by atoms with Gasteiger partial charge in [0.05, 0.1) is 0 Å². The molecule has 7 heteroatoms. The van der Waals surface area contributed by atoms with E-state index in [1.165, 1.54) is 20.3 Å². The number of benzene rings is 1. The lowest BCUT2D eigenvalue weighted by molar-refractivity contribution is 0.487. The molecule has 0 saturated heterocycles. The van der Waals surface area contributed by atoms with E-state index in [2.05, 4.69) is 44.7 Å². The molecule has 0 saturated carbocycles. The van der Waals surface area contributed by atoms with Gasteiger partial charge in [-0.05, 0) is 43.4 Å². The van der Waals surface area contributed by atoms with Crippen LogP contribution in [-0.2, 0) is 20.1 Å². The number of fused-ring (bicyclic) bond motifs is 3. The van der Waals surface area contributed by atoms with E-state index >= 15 is 0 Å². The normalized spacial score (nSPS) is 13.7. The maximum absolute atomic E-state index is 13.2. The molecule has 0 N–H and O–H groups in total. The summed E-state index contributed by atoms with van der Waals surface area (Å²) in [6.07, 6.45) is 0.788. The molecule has 0 unspecified atom stereocenters. The van der Waals surface area contributed by atoms with Crippen molar-refractivity contribution in [2.45, 2.75) is 47.2 Å². The maximum Gasteiger partial charge on any atom is 0.332 e. The van der Waals surface area contributed by atoms with Crippen LogP contribution in [0.5, 0.6) is 0 Å². The van der Waals surface area contributed by atoms with Gasteiger partial charge >= 0.3 is 5.69 Å². The number of anilines is 2. The molecule has 1 aliphatic rings. The molecule has 3 heterocycles. The summed E-state index contributed by atoms with van der Waals surface area (Å²) < 4.78 is 4.83. The monoisotopic (exact) mass is 381 g/mol. The van der Waals surface area contributed by atoms with Crippen LogP contribution in [0.3, 0.4) is 0 Å². The highest BCUT2D eigenvalue weighted by molar-refractivity contribution is 5.78. The molecule has 0 bridgehead atoms. The van der Waals surface area contributed by atoms with Gasteiger partial charge in [0.2, 0.25) is 5.95 Å². The topological polar surface area (TPSA) is 65.1 Å². The summed E-state index contributed by atoms with van der Waals surface area (Å²) in [6.45, 7) is 10.2. The van der Waals surface area contributed by atoms with Crippen molar-refractivity contribution in [3.8, 4) is 0 Å². The summed E-state index contributed by atoms with van der Waals surface area (Å²) in [5.41, 5.74) is 3.96. The van der Waals surface area contributed by atoms with Crippen LogP contribution < -0.4 is 16.1 Å². The van der Waals surface area contributed by atoms with E-state index in [1.54, 1.807) is 7.05 Å². The second-order valence-electron chi connectivity index (χ2n) is 8.09. The number of aromatic nitrogens is 4. The van der Waals surface area contributed by atoms with Gasteiger partial charge in [-0.2, -0.15) is 4.98 Å². The number of aryl methyl sites for hydroxylation is 2. The van der Waals surface area contributed by atoms with E-state index in [1.807, 2.05) is 10.6 Å². The van der Waals surface area contributed by atoms with Crippen LogP contribution in [0.15, 0.2) is 27.8 Å². The summed E-state index contributed by atoms with van der Waals surface area (Å²) in [4.78, 5) is 32.8. The molecular formula is C21H27N5O2. The predicted octanol–water partition coefficient (Wildman–Crippen LogP) is 2.71. The van der Waals surface area contributed by atoms with Crippen LogP contribution in [0, 0.1) is 19.8 Å². The molecular weight excluding hydrogens is 354 g/mol. The SMILES string of the molecule is Cc1cccc(N2CCn3c2nc2c3c(=O)n(CCC(C)C)c(=O)n2C)c1C. The van der Waals surface area contributed by atoms with Gasteiger partial charge in [-0.25, -0.2) is 4.79 Å². The second kappa shape index (κ2) is 6.65. The third kappa shape index (κ3) is 2.68. The molecule has 1 aliphatic heterocycles. The standard InChI is InChI=1S/C21H27N5O2/c1-13(2)9-10-26-19(27)17-18(23(5)21(26)28)22-20-24(11-12-25(17)20)16-8-6-7-14(3)15(16)4/h6-8,13H,9-12H2,1-5H3. The van der Waals surface area contributed by atoms with Gasteiger partial charge in [0.25, 0.3) is 5.56 Å². The van der Waals surface area contributed by atoms with Gasteiger partial charge in [-0.15, -0.1) is 0 Å². The molecule has 2 aromatic heterocycles. The molecule has 7 nitrogen and oxygen atoms in total. The Labute approximate surface area is 163 Å². The number of imidazole rings is 1. The summed E-state index contributed by atoms with van der Waals surface area (Å²) in [7, 11) is 1.70. The van der Waals surface area contributed by atoms with Crippen LogP contribution in [-0.4, -0.2) is 25.2 Å². The van der Waals surface area contributed by atoms with Crippen LogP contribution in [0.1, 0.15) is 31.4 Å². The fourth-order valence-electron chi connectivity index (χ4n) is 3.92. The molecule has 0 spiro atoms. The molecule has 28 heavy (non-hydrogen) atoms. The zero-order chi connectivity index (χ0) is 20.2. The highest BCUT2D eigenvalue weighted by Crippen LogP contribution is 2.34. The summed E-state index contributed by atoms with van der Waals surface area (Å²) in [5, 5.41) is 0. The van der Waals surface area contributed by atoms with Gasteiger partial charge < -0.3 is 9.47 Å². The predicted molar refractivity (Wildman–Crippen MR) is 112 cm³/mol. The maximum atomic E-state index is 13.2. The fourth-order valence-corrected chi connectivity index (χ4v) is 3.92. The Balaban J connectivity index is 1.91. The van der Waals surface area contributed by atoms with E-state index in [4.69, 9.17) is 4.98 Å². The van der Waals surface area contributed by atoms with Crippen LogP contribution in [0.4, 0.5) is 11.6 Å². The Morgan fingerprint density at radius 1 is 1.14 bits per heavy atom. The van der Waals surface area contributed by atoms with E-state index in [-0.39, 0.29) is 11.2 Å². The van der Waals surface area contributed by atoms with Crippen molar-refractivity contribution in [3.05, 3.63) is 50.2 Å². The molecule has 0 atom stereocenters. The molecule has 4 rings (SSSR count). The van der Waals surface area contributed by atoms with Crippen molar-refractivity contribution in [2.24, 2.45) is 13.0 Å². The largest absolute Gasteiger partial charge is 0.332 e. The molecule has 0 radical (unpaired) electrons. The number of hydrogen-bond donors (Lipinski definition) is 0. The molecule has 148 valence electrons. The van der Waals surface area contributed by atoms with E-state index in [0.717, 1.165) is 24.6 Å². The van der Waals surface area contributed by atoms with E-state index in [9.17, 15) is 9.59 Å². The Hall–Kier alpha value is -2.83. The smallest absolute Gasteiger partial charge is 0.310 e. The first-order valence-electron chi connectivity index (χ1n) is 9.85. The van der Waals surface area contributed by atoms with Gasteiger partial charge in [-0.1, -0.05) is 26.0 Å². The lowest BCUT2D eigenvalue weighted by atomic mass is 10.1. The summed E-state index contributed by atoms with van der Waals surface area (Å²) in [5.74, 6) is 1.15. The first-order chi connectivity index (χ1) is 13.3. The fraction of sp³-hybridized carbons (Fsp3) is 0.476. The molecule has 0 aliphatic carbocycles. The Morgan fingerprint density at radius 2 is 1.89 bits per heavy atom. The zero-order valence-electron chi connectivity index (χ0n) is 17.2. The summed E-state index contributed by atoms with van der Waals surface area (Å²) in [6, 6.07) is 6.21. The van der Waals surface area contributed by atoms with Gasteiger partial charge in [0.15, 0.2) is 11.2 Å².